The van der Waals surface area contributed by atoms with Crippen molar-refractivity contribution >= 4 is 40.7 Å². The van der Waals surface area contributed by atoms with Gasteiger partial charge in [-0.2, -0.15) is 0 Å². The minimum atomic E-state index is -1.99. The van der Waals surface area contributed by atoms with Gasteiger partial charge in [-0.15, -0.1) is 0 Å². The van der Waals surface area contributed by atoms with Gasteiger partial charge in [0.25, 0.3) is 9.70 Å². The molecular formula is C7H12Cl3NO2. The summed E-state index contributed by atoms with van der Waals surface area (Å²) in [6.45, 7) is 4.72. The predicted octanol–water partition coefficient (Wildman–Crippen LogP) is 1.63. The highest BCUT2D eigenvalue weighted by atomic mass is 35.6. The lowest BCUT2D eigenvalue weighted by Crippen LogP contribution is -2.50. The molecule has 3 nitrogen and oxygen atoms in total. The summed E-state index contributed by atoms with van der Waals surface area (Å²) in [6.07, 6.45) is 0. The Balaban J connectivity index is 4.24. The lowest BCUT2D eigenvalue weighted by atomic mass is 10.0. The van der Waals surface area contributed by atoms with Crippen LogP contribution >= 0.6 is 34.8 Å². The molecule has 0 heterocycles. The zero-order valence-corrected chi connectivity index (χ0v) is 9.83. The van der Waals surface area contributed by atoms with Crippen LogP contribution in [0.2, 0.25) is 0 Å². The Morgan fingerprint density at radius 1 is 1.38 bits per heavy atom. The Labute approximate surface area is 92.3 Å². The first-order chi connectivity index (χ1) is 5.55. The van der Waals surface area contributed by atoms with Gasteiger partial charge in [0.05, 0.1) is 11.6 Å². The van der Waals surface area contributed by atoms with Gasteiger partial charge in [0.1, 0.15) is 0 Å². The van der Waals surface area contributed by atoms with E-state index in [9.17, 15) is 9.90 Å². The number of amides is 1. The lowest BCUT2D eigenvalue weighted by molar-refractivity contribution is -0.122. The standard InChI is InChI=1S/C7H12Cl3NO2/c1-4(6(2,3)13)11-5(12)7(8,9)10/h4,13H,1-3H3,(H,11,12)/t4-/m0/s1. The molecule has 0 fully saturated rings. The third-order valence-electron chi connectivity index (χ3n) is 1.66. The molecule has 0 aliphatic rings. The van der Waals surface area contributed by atoms with Crippen LogP contribution in [0.15, 0.2) is 0 Å². The van der Waals surface area contributed by atoms with Crippen LogP contribution in [0, 0.1) is 0 Å². The molecule has 1 atom stereocenters. The van der Waals surface area contributed by atoms with E-state index in [1.165, 1.54) is 0 Å². The molecule has 13 heavy (non-hydrogen) atoms. The molecule has 0 saturated carbocycles. The van der Waals surface area contributed by atoms with Gasteiger partial charge in [-0.1, -0.05) is 34.8 Å². The van der Waals surface area contributed by atoms with E-state index < -0.39 is 21.3 Å². The Bertz CT molecular complexity index is 195. The van der Waals surface area contributed by atoms with Crippen molar-refractivity contribution in [3.63, 3.8) is 0 Å². The number of hydrogen-bond acceptors (Lipinski definition) is 2. The SMILES string of the molecule is C[C@H](NC(=O)C(Cl)(Cl)Cl)C(C)(C)O. The zero-order valence-electron chi connectivity index (χ0n) is 7.57. The number of aliphatic hydroxyl groups is 1. The molecule has 0 aromatic heterocycles. The van der Waals surface area contributed by atoms with Crippen LogP contribution in [0.4, 0.5) is 0 Å². The van der Waals surface area contributed by atoms with Gasteiger partial charge in [-0.3, -0.25) is 4.79 Å². The number of rotatable bonds is 2. The van der Waals surface area contributed by atoms with Gasteiger partial charge in [-0.05, 0) is 20.8 Å². The maximum absolute atomic E-state index is 11.1. The molecule has 0 bridgehead atoms. The summed E-state index contributed by atoms with van der Waals surface area (Å²) in [4.78, 5) is 11.1. The second-order valence-electron chi connectivity index (χ2n) is 3.35. The number of hydrogen-bond donors (Lipinski definition) is 2. The molecule has 0 aromatic carbocycles. The average molecular weight is 249 g/mol. The fourth-order valence-electron chi connectivity index (χ4n) is 0.455. The highest BCUT2D eigenvalue weighted by Gasteiger charge is 2.34. The van der Waals surface area contributed by atoms with Crippen molar-refractivity contribution < 1.29 is 9.90 Å². The monoisotopic (exact) mass is 247 g/mol. The molecule has 0 aliphatic carbocycles. The smallest absolute Gasteiger partial charge is 0.272 e. The van der Waals surface area contributed by atoms with Crippen LogP contribution in [0.3, 0.4) is 0 Å². The van der Waals surface area contributed by atoms with E-state index in [1.54, 1.807) is 20.8 Å². The summed E-state index contributed by atoms with van der Waals surface area (Å²) in [5, 5.41) is 11.8. The molecule has 78 valence electrons. The van der Waals surface area contributed by atoms with Crippen molar-refractivity contribution in [2.24, 2.45) is 0 Å². The predicted molar refractivity (Wildman–Crippen MR) is 54.2 cm³/mol. The van der Waals surface area contributed by atoms with Crippen LogP contribution in [0.25, 0.3) is 0 Å². The molecule has 0 radical (unpaired) electrons. The first-order valence-corrected chi connectivity index (χ1v) is 4.78. The van der Waals surface area contributed by atoms with Crippen molar-refractivity contribution in [1.82, 2.24) is 5.32 Å². The normalized spacial score (nSPS) is 15.3. The highest BCUT2D eigenvalue weighted by molar-refractivity contribution is 6.76. The third-order valence-corrected chi connectivity index (χ3v) is 2.18. The van der Waals surface area contributed by atoms with Gasteiger partial charge in [0, 0.05) is 0 Å². The lowest BCUT2D eigenvalue weighted by Gasteiger charge is -2.27. The van der Waals surface area contributed by atoms with Crippen molar-refractivity contribution in [3.8, 4) is 0 Å². The average Bonchev–Trinajstić information content (AvgIpc) is 1.82. The summed E-state index contributed by atoms with van der Waals surface area (Å²) in [5.41, 5.74) is -1.05. The summed E-state index contributed by atoms with van der Waals surface area (Å²) in [6, 6.07) is -0.490. The minimum absolute atomic E-state index is 0.490. The van der Waals surface area contributed by atoms with Gasteiger partial charge >= 0.3 is 0 Å². The van der Waals surface area contributed by atoms with Crippen molar-refractivity contribution in [3.05, 3.63) is 0 Å². The molecular weight excluding hydrogens is 236 g/mol. The molecule has 0 aliphatic heterocycles. The minimum Gasteiger partial charge on any atom is -0.388 e. The van der Waals surface area contributed by atoms with Crippen LogP contribution in [-0.4, -0.2) is 26.4 Å². The summed E-state index contributed by atoms with van der Waals surface area (Å²) >= 11 is 15.9. The van der Waals surface area contributed by atoms with E-state index in [0.717, 1.165) is 0 Å². The molecule has 0 rings (SSSR count). The summed E-state index contributed by atoms with van der Waals surface area (Å²) in [5.74, 6) is -0.743. The van der Waals surface area contributed by atoms with Gasteiger partial charge in [-0.25, -0.2) is 0 Å². The number of carbonyl (C=O) groups is 1. The van der Waals surface area contributed by atoms with Gasteiger partial charge in [0.2, 0.25) is 0 Å². The topological polar surface area (TPSA) is 49.3 Å². The maximum Gasteiger partial charge on any atom is 0.272 e. The van der Waals surface area contributed by atoms with E-state index in [-0.39, 0.29) is 0 Å². The molecule has 0 saturated heterocycles. The molecule has 0 aromatic rings. The number of halogens is 3. The summed E-state index contributed by atoms with van der Waals surface area (Å²) < 4.78 is -1.99. The van der Waals surface area contributed by atoms with Crippen molar-refractivity contribution in [2.45, 2.75) is 36.2 Å². The highest BCUT2D eigenvalue weighted by Crippen LogP contribution is 2.26. The van der Waals surface area contributed by atoms with E-state index in [2.05, 4.69) is 5.32 Å². The quantitative estimate of drug-likeness (QED) is 0.730. The second-order valence-corrected chi connectivity index (χ2v) is 5.63. The van der Waals surface area contributed by atoms with E-state index in [4.69, 9.17) is 34.8 Å². The van der Waals surface area contributed by atoms with Gasteiger partial charge in [0.15, 0.2) is 0 Å². The fourth-order valence-corrected chi connectivity index (χ4v) is 0.619. The molecule has 0 unspecified atom stereocenters. The van der Waals surface area contributed by atoms with E-state index >= 15 is 0 Å². The second kappa shape index (κ2) is 4.22. The Morgan fingerprint density at radius 2 is 1.77 bits per heavy atom. The molecule has 0 spiro atoms. The molecule has 2 N–H and O–H groups in total. The van der Waals surface area contributed by atoms with Crippen LogP contribution in [0.5, 0.6) is 0 Å². The van der Waals surface area contributed by atoms with Crippen molar-refractivity contribution in [1.29, 1.82) is 0 Å². The van der Waals surface area contributed by atoms with Crippen molar-refractivity contribution in [2.75, 3.05) is 0 Å². The van der Waals surface area contributed by atoms with E-state index in [1.807, 2.05) is 0 Å². The molecule has 6 heteroatoms. The first kappa shape index (κ1) is 13.3. The van der Waals surface area contributed by atoms with Crippen LogP contribution < -0.4 is 5.32 Å². The number of alkyl halides is 3. The van der Waals surface area contributed by atoms with Crippen LogP contribution in [0.1, 0.15) is 20.8 Å². The van der Waals surface area contributed by atoms with Gasteiger partial charge < -0.3 is 10.4 Å². The maximum atomic E-state index is 11.1. The first-order valence-electron chi connectivity index (χ1n) is 3.65. The Kier molecular flexibility index (Phi) is 4.31. The Hall–Kier alpha value is 0.300. The third kappa shape index (κ3) is 4.91. The largest absolute Gasteiger partial charge is 0.388 e. The zero-order chi connectivity index (χ0) is 10.9. The number of carbonyl (C=O) groups excluding carboxylic acids is 1. The Morgan fingerprint density at radius 3 is 2.00 bits per heavy atom. The summed E-state index contributed by atoms with van der Waals surface area (Å²) in [7, 11) is 0. The van der Waals surface area contributed by atoms with Crippen LogP contribution in [-0.2, 0) is 4.79 Å². The number of nitrogens with one attached hydrogen (secondary N) is 1. The van der Waals surface area contributed by atoms with E-state index in [0.29, 0.717) is 0 Å². The molecule has 1 amide bonds. The fraction of sp³-hybridized carbons (Fsp3) is 0.857.